The second-order valence-electron chi connectivity index (χ2n) is 3.28. The second-order valence-corrected chi connectivity index (χ2v) is 3.28. The molecular formula is C9H20IN3O2. The van der Waals surface area contributed by atoms with Gasteiger partial charge in [-0.3, -0.25) is 4.99 Å². The predicted molar refractivity (Wildman–Crippen MR) is 70.8 cm³/mol. The van der Waals surface area contributed by atoms with Crippen LogP contribution in [-0.4, -0.2) is 45.5 Å². The second kappa shape index (κ2) is 9.17. The number of methoxy groups -OCH3 is 1. The molecule has 1 atom stereocenters. The van der Waals surface area contributed by atoms with Crippen LogP contribution >= 0.6 is 24.0 Å². The lowest BCUT2D eigenvalue weighted by molar-refractivity contribution is 0.117. The maximum atomic E-state index is 5.62. The van der Waals surface area contributed by atoms with Gasteiger partial charge in [0.2, 0.25) is 0 Å². The fourth-order valence-corrected chi connectivity index (χ4v) is 1.33. The van der Waals surface area contributed by atoms with Gasteiger partial charge in [-0.05, 0) is 12.8 Å². The summed E-state index contributed by atoms with van der Waals surface area (Å²) in [5.41, 5.74) is 5.62. The summed E-state index contributed by atoms with van der Waals surface area (Å²) in [6.45, 7) is 2.84. The highest BCUT2D eigenvalue weighted by atomic mass is 127. The number of hydrogen-bond donors (Lipinski definition) is 2. The maximum absolute atomic E-state index is 5.62. The summed E-state index contributed by atoms with van der Waals surface area (Å²) in [6.07, 6.45) is 2.49. The van der Waals surface area contributed by atoms with Crippen LogP contribution in [-0.2, 0) is 9.47 Å². The SMILES string of the molecule is COCCNC(N)=NCC1CCCO1.I. The normalized spacial score (nSPS) is 21.1. The molecule has 1 unspecified atom stereocenters. The Morgan fingerprint density at radius 1 is 1.67 bits per heavy atom. The highest BCUT2D eigenvalue weighted by Gasteiger charge is 2.14. The lowest BCUT2D eigenvalue weighted by Crippen LogP contribution is -2.34. The van der Waals surface area contributed by atoms with Crippen LogP contribution in [0.25, 0.3) is 0 Å². The smallest absolute Gasteiger partial charge is 0.188 e. The minimum Gasteiger partial charge on any atom is -0.383 e. The molecule has 1 fully saturated rings. The van der Waals surface area contributed by atoms with Crippen LogP contribution in [0.1, 0.15) is 12.8 Å². The Kier molecular flexibility index (Phi) is 9.12. The Morgan fingerprint density at radius 2 is 2.47 bits per heavy atom. The Hall–Kier alpha value is -0.0800. The van der Waals surface area contributed by atoms with Crippen LogP contribution in [0, 0.1) is 0 Å². The van der Waals surface area contributed by atoms with E-state index in [2.05, 4.69) is 10.3 Å². The van der Waals surface area contributed by atoms with Crippen molar-refractivity contribution in [3.63, 3.8) is 0 Å². The Morgan fingerprint density at radius 3 is 3.07 bits per heavy atom. The average Bonchev–Trinajstić information content (AvgIpc) is 2.68. The third-order valence-corrected chi connectivity index (χ3v) is 2.10. The molecule has 1 saturated heterocycles. The Labute approximate surface area is 108 Å². The zero-order valence-corrected chi connectivity index (χ0v) is 11.4. The van der Waals surface area contributed by atoms with Gasteiger partial charge >= 0.3 is 0 Å². The van der Waals surface area contributed by atoms with Crippen LogP contribution < -0.4 is 11.1 Å². The lowest BCUT2D eigenvalue weighted by Gasteiger charge is -2.07. The molecule has 90 valence electrons. The van der Waals surface area contributed by atoms with Gasteiger partial charge in [0.1, 0.15) is 0 Å². The summed E-state index contributed by atoms with van der Waals surface area (Å²) in [7, 11) is 1.65. The molecule has 1 rings (SSSR count). The molecule has 0 spiro atoms. The number of nitrogens with two attached hydrogens (primary N) is 1. The van der Waals surface area contributed by atoms with Gasteiger partial charge < -0.3 is 20.5 Å². The molecule has 0 aromatic rings. The van der Waals surface area contributed by atoms with Crippen molar-refractivity contribution in [2.24, 2.45) is 10.7 Å². The molecule has 1 aliphatic rings. The van der Waals surface area contributed by atoms with E-state index < -0.39 is 0 Å². The monoisotopic (exact) mass is 329 g/mol. The predicted octanol–water partition coefficient (Wildman–Crippen LogP) is 0.334. The van der Waals surface area contributed by atoms with Crippen LogP contribution in [0.3, 0.4) is 0 Å². The molecule has 0 radical (unpaired) electrons. The summed E-state index contributed by atoms with van der Waals surface area (Å²) in [5.74, 6) is 0.470. The molecule has 1 aliphatic heterocycles. The van der Waals surface area contributed by atoms with Crippen molar-refractivity contribution in [1.82, 2.24) is 5.32 Å². The van der Waals surface area contributed by atoms with E-state index in [0.717, 1.165) is 19.4 Å². The molecule has 5 nitrogen and oxygen atoms in total. The zero-order chi connectivity index (χ0) is 10.2. The molecule has 0 bridgehead atoms. The molecule has 6 heteroatoms. The van der Waals surface area contributed by atoms with Gasteiger partial charge in [-0.2, -0.15) is 0 Å². The maximum Gasteiger partial charge on any atom is 0.188 e. The van der Waals surface area contributed by atoms with E-state index in [9.17, 15) is 0 Å². The van der Waals surface area contributed by atoms with E-state index in [4.69, 9.17) is 15.2 Å². The third kappa shape index (κ3) is 6.91. The molecule has 3 N–H and O–H groups in total. The number of aliphatic imine (C=N–C) groups is 1. The van der Waals surface area contributed by atoms with Crippen LogP contribution in [0.15, 0.2) is 4.99 Å². The Balaban J connectivity index is 0.00000196. The molecule has 0 aliphatic carbocycles. The van der Waals surface area contributed by atoms with Gasteiger partial charge in [0.25, 0.3) is 0 Å². The first kappa shape index (κ1) is 14.9. The van der Waals surface area contributed by atoms with Crippen molar-refractivity contribution in [2.45, 2.75) is 18.9 Å². The van der Waals surface area contributed by atoms with Gasteiger partial charge in [-0.25, -0.2) is 0 Å². The van der Waals surface area contributed by atoms with Gasteiger partial charge in [0.05, 0.1) is 19.3 Å². The van der Waals surface area contributed by atoms with Crippen molar-refractivity contribution >= 4 is 29.9 Å². The summed E-state index contributed by atoms with van der Waals surface area (Å²) >= 11 is 0. The van der Waals surface area contributed by atoms with Crippen molar-refractivity contribution < 1.29 is 9.47 Å². The number of nitrogens with one attached hydrogen (secondary N) is 1. The van der Waals surface area contributed by atoms with Crippen LogP contribution in [0.4, 0.5) is 0 Å². The summed E-state index contributed by atoms with van der Waals surface area (Å²) in [4.78, 5) is 4.18. The Bertz CT molecular complexity index is 184. The van der Waals surface area contributed by atoms with Crippen molar-refractivity contribution in [2.75, 3.05) is 33.4 Å². The topological polar surface area (TPSA) is 68.9 Å². The summed E-state index contributed by atoms with van der Waals surface area (Å²) in [6, 6.07) is 0. The number of rotatable bonds is 5. The third-order valence-electron chi connectivity index (χ3n) is 2.10. The molecule has 0 amide bonds. The average molecular weight is 329 g/mol. The van der Waals surface area contributed by atoms with E-state index in [0.29, 0.717) is 25.7 Å². The summed E-state index contributed by atoms with van der Waals surface area (Å²) < 4.78 is 10.3. The highest BCUT2D eigenvalue weighted by Crippen LogP contribution is 2.11. The molecular weight excluding hydrogens is 309 g/mol. The largest absolute Gasteiger partial charge is 0.383 e. The minimum absolute atomic E-state index is 0. The van der Waals surface area contributed by atoms with Crippen molar-refractivity contribution in [3.05, 3.63) is 0 Å². The fourth-order valence-electron chi connectivity index (χ4n) is 1.33. The molecule has 0 aromatic heterocycles. The molecule has 0 aromatic carbocycles. The lowest BCUT2D eigenvalue weighted by atomic mass is 10.2. The molecule has 15 heavy (non-hydrogen) atoms. The highest BCUT2D eigenvalue weighted by molar-refractivity contribution is 14.0. The van der Waals surface area contributed by atoms with E-state index in [1.54, 1.807) is 7.11 Å². The first-order valence-electron chi connectivity index (χ1n) is 4.97. The van der Waals surface area contributed by atoms with E-state index in [-0.39, 0.29) is 30.1 Å². The van der Waals surface area contributed by atoms with E-state index in [1.165, 1.54) is 0 Å². The molecule has 0 saturated carbocycles. The van der Waals surface area contributed by atoms with Gasteiger partial charge in [0.15, 0.2) is 5.96 Å². The number of hydrogen-bond acceptors (Lipinski definition) is 3. The first-order valence-corrected chi connectivity index (χ1v) is 4.97. The zero-order valence-electron chi connectivity index (χ0n) is 9.07. The number of nitrogens with zero attached hydrogens (tertiary/aromatic N) is 1. The number of guanidine groups is 1. The van der Waals surface area contributed by atoms with Crippen molar-refractivity contribution in [3.8, 4) is 0 Å². The van der Waals surface area contributed by atoms with Gasteiger partial charge in [-0.1, -0.05) is 0 Å². The minimum atomic E-state index is 0. The quantitative estimate of drug-likeness (QED) is 0.330. The van der Waals surface area contributed by atoms with E-state index >= 15 is 0 Å². The standard InChI is InChI=1S/C9H19N3O2.HI/c1-13-6-4-11-9(10)12-7-8-3-2-5-14-8;/h8H,2-7H2,1H3,(H3,10,11,12);1H. The number of ether oxygens (including phenoxy) is 2. The van der Waals surface area contributed by atoms with Crippen LogP contribution in [0.5, 0.6) is 0 Å². The fraction of sp³-hybridized carbons (Fsp3) is 0.889. The van der Waals surface area contributed by atoms with Gasteiger partial charge in [0, 0.05) is 20.3 Å². The number of halogens is 1. The molecule has 1 heterocycles. The summed E-state index contributed by atoms with van der Waals surface area (Å²) in [5, 5.41) is 2.95. The first-order chi connectivity index (χ1) is 6.83. The van der Waals surface area contributed by atoms with Crippen LogP contribution in [0.2, 0.25) is 0 Å². The van der Waals surface area contributed by atoms with Gasteiger partial charge in [-0.15, -0.1) is 24.0 Å². The van der Waals surface area contributed by atoms with E-state index in [1.807, 2.05) is 0 Å². The van der Waals surface area contributed by atoms with Crippen molar-refractivity contribution in [1.29, 1.82) is 0 Å².